The zero-order valence-corrected chi connectivity index (χ0v) is 11.7. The molecule has 5 nitrogen and oxygen atoms in total. The summed E-state index contributed by atoms with van der Waals surface area (Å²) in [6.45, 7) is 0.349. The number of hydrogen-bond acceptors (Lipinski definition) is 4. The molecule has 0 saturated heterocycles. The average Bonchev–Trinajstić information content (AvgIpc) is 3.09. The normalized spacial score (nSPS) is 17.7. The summed E-state index contributed by atoms with van der Waals surface area (Å²) < 4.78 is 5.18. The van der Waals surface area contributed by atoms with E-state index in [0.717, 1.165) is 25.7 Å². The first-order valence-electron chi connectivity index (χ1n) is 7.46. The van der Waals surface area contributed by atoms with Gasteiger partial charge in [-0.2, -0.15) is 4.98 Å². The van der Waals surface area contributed by atoms with Crippen LogP contribution in [-0.4, -0.2) is 16.0 Å². The van der Waals surface area contributed by atoms with Crippen LogP contribution in [0.15, 0.2) is 28.8 Å². The molecule has 1 fully saturated rings. The Morgan fingerprint density at radius 2 is 1.95 bits per heavy atom. The zero-order valence-electron chi connectivity index (χ0n) is 11.7. The molecule has 1 amide bonds. The maximum atomic E-state index is 12.2. The molecular formula is C16H17N3O2. The van der Waals surface area contributed by atoms with Gasteiger partial charge in [-0.05, 0) is 36.8 Å². The van der Waals surface area contributed by atoms with Gasteiger partial charge in [0.2, 0.25) is 11.8 Å². The smallest absolute Gasteiger partial charge is 0.229 e. The molecule has 0 bridgehead atoms. The molecule has 108 valence electrons. The molecule has 0 radical (unpaired) electrons. The minimum atomic E-state index is 0.0252. The predicted molar refractivity (Wildman–Crippen MR) is 75.5 cm³/mol. The molecular weight excluding hydrogens is 266 g/mol. The second kappa shape index (κ2) is 4.98. The zero-order chi connectivity index (χ0) is 14.2. The SMILES string of the molecule is O=C(NCc1noc(C2CC2)n1)C1Cc2ccccc2C1. The van der Waals surface area contributed by atoms with Gasteiger partial charge in [-0.15, -0.1) is 0 Å². The van der Waals surface area contributed by atoms with Crippen molar-refractivity contribution in [1.82, 2.24) is 15.5 Å². The van der Waals surface area contributed by atoms with Crippen molar-refractivity contribution in [3.63, 3.8) is 0 Å². The Balaban J connectivity index is 1.34. The monoisotopic (exact) mass is 283 g/mol. The number of nitrogens with zero attached hydrogens (tertiary/aromatic N) is 2. The maximum Gasteiger partial charge on any atom is 0.229 e. The van der Waals surface area contributed by atoms with E-state index in [0.29, 0.717) is 24.2 Å². The van der Waals surface area contributed by atoms with Gasteiger partial charge in [0.15, 0.2) is 5.82 Å². The molecule has 5 heteroatoms. The lowest BCUT2D eigenvalue weighted by Gasteiger charge is -2.08. The molecule has 1 saturated carbocycles. The van der Waals surface area contributed by atoms with E-state index < -0.39 is 0 Å². The Morgan fingerprint density at radius 1 is 1.24 bits per heavy atom. The summed E-state index contributed by atoms with van der Waals surface area (Å²) in [6, 6.07) is 8.25. The van der Waals surface area contributed by atoms with Crippen LogP contribution >= 0.6 is 0 Å². The summed E-state index contributed by atoms with van der Waals surface area (Å²) in [6.07, 6.45) is 3.91. The lowest BCUT2D eigenvalue weighted by Crippen LogP contribution is -2.31. The van der Waals surface area contributed by atoms with Crippen molar-refractivity contribution in [3.05, 3.63) is 47.1 Å². The van der Waals surface area contributed by atoms with Gasteiger partial charge in [-0.3, -0.25) is 4.79 Å². The molecule has 1 N–H and O–H groups in total. The summed E-state index contributed by atoms with van der Waals surface area (Å²) in [5, 5.41) is 6.84. The Kier molecular flexibility index (Phi) is 2.98. The molecule has 0 atom stereocenters. The van der Waals surface area contributed by atoms with Crippen molar-refractivity contribution in [2.45, 2.75) is 38.1 Å². The summed E-state index contributed by atoms with van der Waals surface area (Å²) >= 11 is 0. The van der Waals surface area contributed by atoms with Crippen molar-refractivity contribution in [3.8, 4) is 0 Å². The average molecular weight is 283 g/mol. The summed E-state index contributed by atoms with van der Waals surface area (Å²) in [7, 11) is 0. The van der Waals surface area contributed by atoms with E-state index in [4.69, 9.17) is 4.52 Å². The number of aromatic nitrogens is 2. The van der Waals surface area contributed by atoms with E-state index in [1.54, 1.807) is 0 Å². The molecule has 1 aromatic heterocycles. The highest BCUT2D eigenvalue weighted by atomic mass is 16.5. The minimum Gasteiger partial charge on any atom is -0.348 e. The van der Waals surface area contributed by atoms with E-state index in [-0.39, 0.29) is 11.8 Å². The Bertz CT molecular complexity index is 651. The molecule has 0 spiro atoms. The van der Waals surface area contributed by atoms with Crippen molar-refractivity contribution in [2.75, 3.05) is 0 Å². The Morgan fingerprint density at radius 3 is 2.62 bits per heavy atom. The van der Waals surface area contributed by atoms with Crippen molar-refractivity contribution >= 4 is 5.91 Å². The lowest BCUT2D eigenvalue weighted by atomic mass is 10.1. The molecule has 2 aliphatic carbocycles. The maximum absolute atomic E-state index is 12.2. The summed E-state index contributed by atoms with van der Waals surface area (Å²) in [5.41, 5.74) is 2.57. The molecule has 4 rings (SSSR count). The number of benzene rings is 1. The fourth-order valence-electron chi connectivity index (χ4n) is 2.89. The van der Waals surface area contributed by atoms with Gasteiger partial charge in [0.25, 0.3) is 0 Å². The second-order valence-electron chi connectivity index (χ2n) is 5.91. The number of nitrogens with one attached hydrogen (secondary N) is 1. The van der Waals surface area contributed by atoms with Crippen LogP contribution in [0.1, 0.15) is 41.6 Å². The largest absolute Gasteiger partial charge is 0.348 e. The van der Waals surface area contributed by atoms with Crippen LogP contribution < -0.4 is 5.32 Å². The molecule has 1 aromatic carbocycles. The van der Waals surface area contributed by atoms with Gasteiger partial charge >= 0.3 is 0 Å². The van der Waals surface area contributed by atoms with E-state index in [1.165, 1.54) is 11.1 Å². The van der Waals surface area contributed by atoms with E-state index in [9.17, 15) is 4.79 Å². The number of fused-ring (bicyclic) bond motifs is 1. The minimum absolute atomic E-state index is 0.0252. The number of rotatable bonds is 4. The van der Waals surface area contributed by atoms with Gasteiger partial charge in [-0.1, -0.05) is 29.4 Å². The van der Waals surface area contributed by atoms with Crippen LogP contribution in [0.25, 0.3) is 0 Å². The van der Waals surface area contributed by atoms with Gasteiger partial charge < -0.3 is 9.84 Å². The van der Waals surface area contributed by atoms with Crippen LogP contribution in [-0.2, 0) is 24.2 Å². The number of hydrogen-bond donors (Lipinski definition) is 1. The highest BCUT2D eigenvalue weighted by molar-refractivity contribution is 5.80. The van der Waals surface area contributed by atoms with Crippen molar-refractivity contribution < 1.29 is 9.32 Å². The first-order valence-corrected chi connectivity index (χ1v) is 7.46. The Hall–Kier alpha value is -2.17. The third-order valence-electron chi connectivity index (χ3n) is 4.25. The fraction of sp³-hybridized carbons (Fsp3) is 0.438. The molecule has 0 unspecified atom stereocenters. The van der Waals surface area contributed by atoms with E-state index in [1.807, 2.05) is 12.1 Å². The third-order valence-corrected chi connectivity index (χ3v) is 4.25. The molecule has 0 aliphatic heterocycles. The van der Waals surface area contributed by atoms with Gasteiger partial charge in [0.05, 0.1) is 6.54 Å². The van der Waals surface area contributed by atoms with Gasteiger partial charge in [0.1, 0.15) is 0 Å². The fourth-order valence-corrected chi connectivity index (χ4v) is 2.89. The second-order valence-corrected chi connectivity index (χ2v) is 5.91. The van der Waals surface area contributed by atoms with Gasteiger partial charge in [0, 0.05) is 11.8 Å². The van der Waals surface area contributed by atoms with Crippen LogP contribution in [0, 0.1) is 5.92 Å². The molecule has 2 aliphatic rings. The predicted octanol–water partition coefficient (Wildman–Crippen LogP) is 1.98. The van der Waals surface area contributed by atoms with Crippen LogP contribution in [0.3, 0.4) is 0 Å². The van der Waals surface area contributed by atoms with Crippen molar-refractivity contribution in [2.24, 2.45) is 5.92 Å². The van der Waals surface area contributed by atoms with Crippen LogP contribution in [0.2, 0.25) is 0 Å². The third kappa shape index (κ3) is 2.55. The molecule has 1 heterocycles. The standard InChI is InChI=1S/C16H17N3O2/c20-15(13-7-11-3-1-2-4-12(11)8-13)17-9-14-18-16(21-19-14)10-5-6-10/h1-4,10,13H,5-9H2,(H,17,20). The Labute approximate surface area is 122 Å². The first-order chi connectivity index (χ1) is 10.3. The van der Waals surface area contributed by atoms with Gasteiger partial charge in [-0.25, -0.2) is 0 Å². The summed E-state index contributed by atoms with van der Waals surface area (Å²) in [5.74, 6) is 1.83. The highest BCUT2D eigenvalue weighted by Gasteiger charge is 2.30. The molecule has 2 aromatic rings. The number of carbonyl (C=O) groups excluding carboxylic acids is 1. The summed E-state index contributed by atoms with van der Waals surface area (Å²) in [4.78, 5) is 16.6. The van der Waals surface area contributed by atoms with Crippen molar-refractivity contribution in [1.29, 1.82) is 0 Å². The van der Waals surface area contributed by atoms with E-state index >= 15 is 0 Å². The molecule has 21 heavy (non-hydrogen) atoms. The lowest BCUT2D eigenvalue weighted by molar-refractivity contribution is -0.124. The van der Waals surface area contributed by atoms with Crippen LogP contribution in [0.5, 0.6) is 0 Å². The highest BCUT2D eigenvalue weighted by Crippen LogP contribution is 2.38. The number of amides is 1. The van der Waals surface area contributed by atoms with E-state index in [2.05, 4.69) is 27.6 Å². The topological polar surface area (TPSA) is 68.0 Å². The number of carbonyl (C=O) groups is 1. The van der Waals surface area contributed by atoms with Crippen LogP contribution in [0.4, 0.5) is 0 Å². The quantitative estimate of drug-likeness (QED) is 0.931. The first kappa shape index (κ1) is 12.6.